The number of amides is 4. The summed E-state index contributed by atoms with van der Waals surface area (Å²) in [6, 6.07) is 13.7. The van der Waals surface area contributed by atoms with E-state index in [0.717, 1.165) is 17.7 Å². The Hall–Kier alpha value is -5.38. The molecule has 2 atom stereocenters. The Morgan fingerprint density at radius 1 is 1.02 bits per heavy atom. The second-order valence-corrected chi connectivity index (χ2v) is 15.3. The smallest absolute Gasteiger partial charge is 0.417 e. The van der Waals surface area contributed by atoms with Crippen LogP contribution in [-0.2, 0) is 31.8 Å². The molecule has 2 unspecified atom stereocenters. The van der Waals surface area contributed by atoms with Crippen LogP contribution < -0.4 is 30.5 Å². The summed E-state index contributed by atoms with van der Waals surface area (Å²) in [4.78, 5) is 57.2. The minimum Gasteiger partial charge on any atom is -0.492 e. The fraction of sp³-hybridized carbons (Fsp3) is 0.425. The maximum absolute atomic E-state index is 14.6. The molecule has 3 aliphatic heterocycles. The molecule has 58 heavy (non-hydrogen) atoms. The predicted molar refractivity (Wildman–Crippen MR) is 212 cm³/mol. The average molecular weight is 825 g/mol. The SMILES string of the molecule is CCc1cc(N2C(S)N(c3ccc(C#N)c(C(F)(F)F)c3)C(=O)C2(C)C)ccc1OCCN1CCN(CC(=O)Nc2cc(NC3CCC(=O)NC3=O)ccc2F)CC1. The van der Waals surface area contributed by atoms with Crippen molar-refractivity contribution in [2.75, 3.05) is 66.3 Å². The number of imide groups is 1. The summed E-state index contributed by atoms with van der Waals surface area (Å²) in [6.45, 7) is 8.95. The first kappa shape index (κ1) is 42.2. The van der Waals surface area contributed by atoms with Crippen LogP contribution >= 0.6 is 12.6 Å². The van der Waals surface area contributed by atoms with Crippen molar-refractivity contribution < 1.29 is 41.5 Å². The molecule has 3 saturated heterocycles. The van der Waals surface area contributed by atoms with Gasteiger partial charge in [-0.3, -0.25) is 39.2 Å². The number of nitriles is 1. The van der Waals surface area contributed by atoms with Gasteiger partial charge in [0.2, 0.25) is 17.7 Å². The summed E-state index contributed by atoms with van der Waals surface area (Å²) < 4.78 is 62.1. The molecule has 308 valence electrons. The number of hydrogen-bond acceptors (Lipinski definition) is 11. The number of thiol groups is 1. The molecule has 0 spiro atoms. The summed E-state index contributed by atoms with van der Waals surface area (Å²) in [6.07, 6.45) is -3.69. The quantitative estimate of drug-likeness (QED) is 0.112. The first-order chi connectivity index (χ1) is 27.5. The van der Waals surface area contributed by atoms with Crippen LogP contribution in [-0.4, -0.2) is 96.4 Å². The molecule has 4 amide bonds. The maximum atomic E-state index is 14.6. The van der Waals surface area contributed by atoms with E-state index in [1.807, 2.05) is 17.9 Å². The van der Waals surface area contributed by atoms with Crippen LogP contribution in [0.2, 0.25) is 0 Å². The Labute approximate surface area is 338 Å². The number of nitrogens with zero attached hydrogens (tertiary/aromatic N) is 5. The molecule has 3 aliphatic rings. The fourth-order valence-corrected chi connectivity index (χ4v) is 8.01. The van der Waals surface area contributed by atoms with Gasteiger partial charge in [0.1, 0.15) is 29.8 Å². The van der Waals surface area contributed by atoms with Gasteiger partial charge in [-0.1, -0.05) is 6.92 Å². The number of ether oxygens (including phenoxy) is 1. The lowest BCUT2D eigenvalue weighted by Gasteiger charge is -2.34. The first-order valence-corrected chi connectivity index (χ1v) is 19.3. The zero-order chi connectivity index (χ0) is 41.9. The van der Waals surface area contributed by atoms with Crippen molar-refractivity contribution in [3.63, 3.8) is 0 Å². The van der Waals surface area contributed by atoms with Gasteiger partial charge in [-0.15, -0.1) is 12.6 Å². The molecule has 18 heteroatoms. The number of halogens is 4. The Morgan fingerprint density at radius 3 is 2.40 bits per heavy atom. The zero-order valence-electron chi connectivity index (χ0n) is 32.2. The summed E-state index contributed by atoms with van der Waals surface area (Å²) >= 11 is 4.70. The lowest BCUT2D eigenvalue weighted by molar-refractivity contribution is -0.138. The van der Waals surface area contributed by atoms with Gasteiger partial charge in [0.25, 0.3) is 5.91 Å². The van der Waals surface area contributed by atoms with E-state index in [1.165, 1.54) is 29.2 Å². The van der Waals surface area contributed by atoms with Gasteiger partial charge in [0, 0.05) is 56.2 Å². The second kappa shape index (κ2) is 17.2. The van der Waals surface area contributed by atoms with Gasteiger partial charge in [0.15, 0.2) is 5.50 Å². The highest BCUT2D eigenvalue weighted by atomic mass is 32.1. The lowest BCUT2D eigenvalue weighted by atomic mass is 10.0. The van der Waals surface area contributed by atoms with Crippen molar-refractivity contribution in [3.05, 3.63) is 77.1 Å². The summed E-state index contributed by atoms with van der Waals surface area (Å²) in [5.74, 6) is -1.60. The van der Waals surface area contributed by atoms with Crippen molar-refractivity contribution in [2.45, 2.75) is 63.3 Å². The molecule has 0 radical (unpaired) electrons. The zero-order valence-corrected chi connectivity index (χ0v) is 33.1. The van der Waals surface area contributed by atoms with Crippen LogP contribution in [0.15, 0.2) is 54.6 Å². The molecule has 0 aliphatic carbocycles. The average Bonchev–Trinajstić information content (AvgIpc) is 3.36. The second-order valence-electron chi connectivity index (χ2n) is 14.8. The molecule has 0 aromatic heterocycles. The lowest BCUT2D eigenvalue weighted by Crippen LogP contribution is -2.49. The van der Waals surface area contributed by atoms with Crippen LogP contribution in [0.5, 0.6) is 5.75 Å². The topological polar surface area (TPSA) is 150 Å². The van der Waals surface area contributed by atoms with Crippen molar-refractivity contribution in [2.24, 2.45) is 0 Å². The Bertz CT molecular complexity index is 2120. The van der Waals surface area contributed by atoms with Gasteiger partial charge >= 0.3 is 6.18 Å². The number of aryl methyl sites for hydroxylation is 1. The van der Waals surface area contributed by atoms with Crippen LogP contribution in [0.4, 0.5) is 40.3 Å². The van der Waals surface area contributed by atoms with Gasteiger partial charge in [-0.25, -0.2) is 4.39 Å². The highest BCUT2D eigenvalue weighted by Crippen LogP contribution is 2.43. The summed E-state index contributed by atoms with van der Waals surface area (Å²) in [5, 5.41) is 17.1. The van der Waals surface area contributed by atoms with Crippen molar-refractivity contribution in [3.8, 4) is 11.8 Å². The summed E-state index contributed by atoms with van der Waals surface area (Å²) in [7, 11) is 0. The number of nitrogens with one attached hydrogen (secondary N) is 3. The van der Waals surface area contributed by atoms with Gasteiger partial charge in [-0.2, -0.15) is 18.4 Å². The third-order valence-electron chi connectivity index (χ3n) is 10.5. The Kier molecular flexibility index (Phi) is 12.5. The highest BCUT2D eigenvalue weighted by Gasteiger charge is 2.52. The molecule has 6 rings (SSSR count). The van der Waals surface area contributed by atoms with Crippen molar-refractivity contribution >= 4 is 59.0 Å². The molecule has 3 N–H and O–H groups in total. The van der Waals surface area contributed by atoms with Gasteiger partial charge in [-0.05, 0) is 86.8 Å². The number of piperidine rings is 1. The standard InChI is InChI=1S/C40H44F4N8O5S/c1-4-24-19-28(52-38(58)51(37(56)39(52,2)3)27-7-5-25(22-45)29(21-27)40(42,43)44)8-11-33(24)57-18-17-49-13-15-50(16-14-49)23-35(54)47-32-20-26(6-9-30(32)41)46-31-10-12-34(53)48-36(31)55/h5-9,11,19-21,31,38,46,58H,4,10,12-18,23H2,1-3H3,(H,47,54)(H,48,53,55). The molecule has 0 saturated carbocycles. The van der Waals surface area contributed by atoms with E-state index < -0.39 is 52.0 Å². The van der Waals surface area contributed by atoms with E-state index in [0.29, 0.717) is 69.3 Å². The number of rotatable bonds is 12. The van der Waals surface area contributed by atoms with Gasteiger partial charge in [0.05, 0.1) is 29.4 Å². The normalized spacial score (nSPS) is 20.2. The molecular weight excluding hydrogens is 781 g/mol. The molecule has 3 aromatic rings. The number of carbonyl (C=O) groups is 4. The number of benzene rings is 3. The van der Waals surface area contributed by atoms with Crippen LogP contribution in [0.3, 0.4) is 0 Å². The van der Waals surface area contributed by atoms with Crippen molar-refractivity contribution in [1.82, 2.24) is 15.1 Å². The molecule has 3 aromatic carbocycles. The molecular formula is C40H44F4N8O5S. The van der Waals surface area contributed by atoms with E-state index in [2.05, 4.69) is 20.9 Å². The number of anilines is 4. The minimum absolute atomic E-state index is 0.0198. The largest absolute Gasteiger partial charge is 0.492 e. The first-order valence-electron chi connectivity index (χ1n) is 18.8. The van der Waals surface area contributed by atoms with Gasteiger partial charge < -0.3 is 20.3 Å². The van der Waals surface area contributed by atoms with E-state index in [1.54, 1.807) is 36.9 Å². The number of alkyl halides is 3. The monoisotopic (exact) mass is 824 g/mol. The van der Waals surface area contributed by atoms with Crippen LogP contribution in [0.25, 0.3) is 0 Å². The van der Waals surface area contributed by atoms with Crippen LogP contribution in [0, 0.1) is 17.1 Å². The number of hydrogen-bond donors (Lipinski definition) is 4. The van der Waals surface area contributed by atoms with E-state index >= 15 is 0 Å². The Morgan fingerprint density at radius 2 is 1.72 bits per heavy atom. The van der Waals surface area contributed by atoms with E-state index in [4.69, 9.17) is 17.4 Å². The maximum Gasteiger partial charge on any atom is 0.417 e. The van der Waals surface area contributed by atoms with E-state index in [9.17, 15) is 42.0 Å². The fourth-order valence-electron chi connectivity index (χ4n) is 7.35. The molecule has 0 bridgehead atoms. The summed E-state index contributed by atoms with van der Waals surface area (Å²) in [5.41, 5.74) is -1.90. The molecule has 3 fully saturated rings. The third-order valence-corrected chi connectivity index (χ3v) is 11.0. The molecule has 3 heterocycles. The third kappa shape index (κ3) is 9.16. The Balaban J connectivity index is 1.00. The predicted octanol–water partition coefficient (Wildman–Crippen LogP) is 4.98. The number of piperazine rings is 1. The van der Waals surface area contributed by atoms with E-state index in [-0.39, 0.29) is 36.2 Å². The number of carbonyl (C=O) groups excluding carboxylic acids is 4. The minimum atomic E-state index is -4.79. The van der Waals surface area contributed by atoms with Crippen molar-refractivity contribution in [1.29, 1.82) is 5.26 Å². The highest BCUT2D eigenvalue weighted by molar-refractivity contribution is 7.81. The van der Waals surface area contributed by atoms with Crippen LogP contribution in [0.1, 0.15) is 50.3 Å². The molecule has 13 nitrogen and oxygen atoms in total.